The van der Waals surface area contributed by atoms with E-state index in [4.69, 9.17) is 0 Å². The number of hydrogen-bond donors (Lipinski definition) is 1. The molecule has 1 saturated heterocycles. The number of aromatic amines is 1. The van der Waals surface area contributed by atoms with E-state index in [2.05, 4.69) is 40.2 Å². The summed E-state index contributed by atoms with van der Waals surface area (Å²) in [6.45, 7) is 7.87. The lowest BCUT2D eigenvalue weighted by Crippen LogP contribution is -2.16. The largest absolute Gasteiger partial charge is 0.345 e. The molecule has 0 spiro atoms. The van der Waals surface area contributed by atoms with Crippen LogP contribution in [-0.4, -0.2) is 32.3 Å². The molecule has 1 amide bonds. The molecular formula is C20H22N4O. The molecule has 25 heavy (non-hydrogen) atoms. The first-order valence-electron chi connectivity index (χ1n) is 8.08. The number of rotatable bonds is 2. The number of hydrogen-bond acceptors (Lipinski definition) is 3. The highest BCUT2D eigenvalue weighted by Gasteiger charge is 2.15. The molecule has 2 aromatic heterocycles. The van der Waals surface area contributed by atoms with Gasteiger partial charge >= 0.3 is 0 Å². The molecule has 0 aliphatic carbocycles. The average molecular weight is 334 g/mol. The quantitative estimate of drug-likeness (QED) is 0.769. The summed E-state index contributed by atoms with van der Waals surface area (Å²) in [4.78, 5) is 23.2. The Morgan fingerprint density at radius 3 is 2.40 bits per heavy atom. The lowest BCUT2D eigenvalue weighted by atomic mass is 10.2. The Bertz CT molecular complexity index is 746. The van der Waals surface area contributed by atoms with Gasteiger partial charge in [-0.1, -0.05) is 37.4 Å². The van der Waals surface area contributed by atoms with Crippen LogP contribution in [0.3, 0.4) is 0 Å². The summed E-state index contributed by atoms with van der Waals surface area (Å²) in [5.74, 6) is 1.03. The fourth-order valence-electron chi connectivity index (χ4n) is 2.27. The Morgan fingerprint density at radius 2 is 1.88 bits per heavy atom. The summed E-state index contributed by atoms with van der Waals surface area (Å²) in [5, 5.41) is 1.20. The SMILES string of the molecule is C=CN1CCCC1=O.C=Cc1ncc[nH]1.c1ccc2ncccc2c1. The number of nitrogens with one attached hydrogen (secondary N) is 1. The van der Waals surface area contributed by atoms with Gasteiger partial charge in [0.2, 0.25) is 5.91 Å². The number of H-pyrrole nitrogens is 1. The highest BCUT2D eigenvalue weighted by molar-refractivity contribution is 5.79. The number of pyridine rings is 1. The number of carbonyl (C=O) groups excluding carboxylic acids is 1. The molecule has 5 heteroatoms. The molecule has 0 unspecified atom stereocenters. The Balaban J connectivity index is 0.000000138. The van der Waals surface area contributed by atoms with Crippen molar-refractivity contribution in [2.24, 2.45) is 0 Å². The Kier molecular flexibility index (Phi) is 7.13. The van der Waals surface area contributed by atoms with E-state index < -0.39 is 0 Å². The first kappa shape index (κ1) is 18.1. The van der Waals surface area contributed by atoms with Crippen molar-refractivity contribution in [3.8, 4) is 0 Å². The molecular weight excluding hydrogens is 312 g/mol. The minimum atomic E-state index is 0.208. The fraction of sp³-hybridized carbons (Fsp3) is 0.150. The second kappa shape index (κ2) is 9.82. The van der Waals surface area contributed by atoms with E-state index in [1.807, 2.05) is 30.5 Å². The zero-order chi connectivity index (χ0) is 17.9. The van der Waals surface area contributed by atoms with Crippen LogP contribution in [0, 0.1) is 0 Å². The molecule has 128 valence electrons. The molecule has 4 rings (SSSR count). The van der Waals surface area contributed by atoms with Gasteiger partial charge in [-0.3, -0.25) is 9.78 Å². The molecule has 5 nitrogen and oxygen atoms in total. The second-order valence-corrected chi connectivity index (χ2v) is 5.25. The monoisotopic (exact) mass is 334 g/mol. The first-order chi connectivity index (χ1) is 12.2. The highest BCUT2D eigenvalue weighted by atomic mass is 16.2. The maximum Gasteiger partial charge on any atom is 0.226 e. The van der Waals surface area contributed by atoms with Crippen LogP contribution in [0.15, 0.2) is 74.3 Å². The Labute approximate surface area is 147 Å². The minimum absolute atomic E-state index is 0.208. The lowest BCUT2D eigenvalue weighted by Gasteiger charge is -2.05. The van der Waals surface area contributed by atoms with Gasteiger partial charge in [-0.25, -0.2) is 4.98 Å². The van der Waals surface area contributed by atoms with Gasteiger partial charge in [0.25, 0.3) is 0 Å². The fourth-order valence-corrected chi connectivity index (χ4v) is 2.27. The summed E-state index contributed by atoms with van der Waals surface area (Å²) in [6.07, 6.45) is 10.2. The van der Waals surface area contributed by atoms with Gasteiger partial charge < -0.3 is 9.88 Å². The minimum Gasteiger partial charge on any atom is -0.345 e. The summed E-state index contributed by atoms with van der Waals surface area (Å²) < 4.78 is 0. The molecule has 0 radical (unpaired) electrons. The van der Waals surface area contributed by atoms with Gasteiger partial charge in [-0.05, 0) is 30.8 Å². The van der Waals surface area contributed by atoms with E-state index in [0.717, 1.165) is 24.3 Å². The highest BCUT2D eigenvalue weighted by Crippen LogP contribution is 2.08. The zero-order valence-corrected chi connectivity index (χ0v) is 14.1. The van der Waals surface area contributed by atoms with E-state index in [1.165, 1.54) is 5.39 Å². The van der Waals surface area contributed by atoms with Crippen molar-refractivity contribution in [3.05, 3.63) is 80.2 Å². The molecule has 1 aliphatic heterocycles. The van der Waals surface area contributed by atoms with Crippen LogP contribution in [0.4, 0.5) is 0 Å². The standard InChI is InChI=1S/C9H7N.C6H9NO.C5H6N2/c1-2-6-9-8(4-1)5-3-7-10-9;1-2-7-5-3-4-6(7)8;1-2-5-6-3-4-7-5/h1-7H;2H,1,3-5H2;2-4H,1H2,(H,6,7). The van der Waals surface area contributed by atoms with E-state index in [-0.39, 0.29) is 5.91 Å². The van der Waals surface area contributed by atoms with Crippen LogP contribution in [0.25, 0.3) is 17.0 Å². The number of aromatic nitrogens is 3. The maximum absolute atomic E-state index is 10.7. The number of fused-ring (bicyclic) bond motifs is 1. The van der Waals surface area contributed by atoms with Gasteiger partial charge in [-0.2, -0.15) is 0 Å². The van der Waals surface area contributed by atoms with Crippen molar-refractivity contribution < 1.29 is 4.79 Å². The van der Waals surface area contributed by atoms with Gasteiger partial charge in [-0.15, -0.1) is 0 Å². The summed E-state index contributed by atoms with van der Waals surface area (Å²) in [7, 11) is 0. The van der Waals surface area contributed by atoms with Gasteiger partial charge in [0.15, 0.2) is 0 Å². The number of amides is 1. The predicted molar refractivity (Wildman–Crippen MR) is 102 cm³/mol. The molecule has 1 fully saturated rings. The van der Waals surface area contributed by atoms with Crippen LogP contribution in [-0.2, 0) is 4.79 Å². The molecule has 0 saturated carbocycles. The molecule has 1 aromatic carbocycles. The number of para-hydroxylation sites is 1. The van der Waals surface area contributed by atoms with Gasteiger partial charge in [0.1, 0.15) is 5.82 Å². The van der Waals surface area contributed by atoms with Crippen LogP contribution < -0.4 is 0 Å². The van der Waals surface area contributed by atoms with Crippen LogP contribution in [0.1, 0.15) is 18.7 Å². The van der Waals surface area contributed by atoms with Gasteiger partial charge in [0, 0.05) is 36.9 Å². The molecule has 1 N–H and O–H groups in total. The Morgan fingerprint density at radius 1 is 1.08 bits per heavy atom. The molecule has 0 atom stereocenters. The third-order valence-corrected chi connectivity index (χ3v) is 3.56. The summed E-state index contributed by atoms with van der Waals surface area (Å²) in [6, 6.07) is 12.1. The van der Waals surface area contributed by atoms with Crippen molar-refractivity contribution in [1.29, 1.82) is 0 Å². The molecule has 1 aliphatic rings. The number of imidazole rings is 1. The predicted octanol–water partition coefficient (Wildman–Crippen LogP) is 4.04. The maximum atomic E-state index is 10.7. The van der Waals surface area contributed by atoms with Crippen LogP contribution >= 0.6 is 0 Å². The summed E-state index contributed by atoms with van der Waals surface area (Å²) >= 11 is 0. The topological polar surface area (TPSA) is 61.9 Å². The molecule has 0 bridgehead atoms. The third kappa shape index (κ3) is 5.73. The van der Waals surface area contributed by atoms with Crippen LogP contribution in [0.2, 0.25) is 0 Å². The molecule has 3 aromatic rings. The van der Waals surface area contributed by atoms with Crippen molar-refractivity contribution in [1.82, 2.24) is 19.9 Å². The van der Waals surface area contributed by atoms with Crippen molar-refractivity contribution in [2.45, 2.75) is 12.8 Å². The average Bonchev–Trinajstić information content (AvgIpc) is 3.34. The number of carbonyl (C=O) groups is 1. The van der Waals surface area contributed by atoms with E-state index >= 15 is 0 Å². The normalized spacial score (nSPS) is 12.6. The lowest BCUT2D eigenvalue weighted by molar-refractivity contribution is -0.125. The second-order valence-electron chi connectivity index (χ2n) is 5.25. The third-order valence-electron chi connectivity index (χ3n) is 3.56. The van der Waals surface area contributed by atoms with E-state index in [9.17, 15) is 4.79 Å². The van der Waals surface area contributed by atoms with Crippen molar-refractivity contribution >= 4 is 22.9 Å². The summed E-state index contributed by atoms with van der Waals surface area (Å²) in [5.41, 5.74) is 1.06. The zero-order valence-electron chi connectivity index (χ0n) is 14.1. The first-order valence-corrected chi connectivity index (χ1v) is 8.08. The van der Waals surface area contributed by atoms with Crippen molar-refractivity contribution in [3.63, 3.8) is 0 Å². The number of nitrogens with zero attached hydrogens (tertiary/aromatic N) is 3. The number of benzene rings is 1. The molecule has 3 heterocycles. The van der Waals surface area contributed by atoms with Crippen molar-refractivity contribution in [2.75, 3.05) is 6.54 Å². The van der Waals surface area contributed by atoms with Crippen LogP contribution in [0.5, 0.6) is 0 Å². The van der Waals surface area contributed by atoms with E-state index in [1.54, 1.807) is 29.6 Å². The van der Waals surface area contributed by atoms with Gasteiger partial charge in [0.05, 0.1) is 5.52 Å². The number of likely N-dealkylation sites (tertiary alicyclic amines) is 1. The van der Waals surface area contributed by atoms with E-state index in [0.29, 0.717) is 6.42 Å². The smallest absolute Gasteiger partial charge is 0.226 e. The Hall–Kier alpha value is -3.21.